The number of alkyl halides is 1. The molecule has 0 N–H and O–H groups in total. The van der Waals surface area contributed by atoms with E-state index in [1.54, 1.807) is 0 Å². The van der Waals surface area contributed by atoms with Crippen molar-refractivity contribution in [3.63, 3.8) is 0 Å². The summed E-state index contributed by atoms with van der Waals surface area (Å²) in [7, 11) is 0. The van der Waals surface area contributed by atoms with Gasteiger partial charge < -0.3 is 4.90 Å². The summed E-state index contributed by atoms with van der Waals surface area (Å²) in [5, 5.41) is 0.854. The van der Waals surface area contributed by atoms with Crippen molar-refractivity contribution >= 4 is 37.8 Å². The van der Waals surface area contributed by atoms with E-state index in [-0.39, 0.29) is 5.91 Å². The summed E-state index contributed by atoms with van der Waals surface area (Å²) < 4.78 is 0.996. The first-order valence-electron chi connectivity index (χ1n) is 6.18. The highest BCUT2D eigenvalue weighted by Crippen LogP contribution is 2.29. The number of rotatable bonds is 2. The van der Waals surface area contributed by atoms with E-state index in [1.807, 2.05) is 30.0 Å². The highest BCUT2D eigenvalue weighted by molar-refractivity contribution is 9.10. The van der Waals surface area contributed by atoms with Crippen molar-refractivity contribution in [1.82, 2.24) is 4.90 Å². The molecule has 2 unspecified atom stereocenters. The third kappa shape index (κ3) is 2.50. The number of carbonyl (C=O) groups excluding carboxylic acids is 1. The Labute approximate surface area is 125 Å². The van der Waals surface area contributed by atoms with Gasteiger partial charge >= 0.3 is 0 Å². The number of nitrogens with zero attached hydrogens (tertiary/aromatic N) is 1. The maximum atomic E-state index is 12.6. The Bertz CT molecular complexity index is 461. The molecule has 18 heavy (non-hydrogen) atoms. The second-order valence-corrected chi connectivity index (χ2v) is 6.40. The average Bonchev–Trinajstić information content (AvgIpc) is 2.73. The maximum absolute atomic E-state index is 12.6. The fourth-order valence-corrected chi connectivity index (χ4v) is 3.84. The third-order valence-electron chi connectivity index (χ3n) is 3.80. The molecule has 4 heteroatoms. The molecule has 98 valence electrons. The molecule has 1 amide bonds. The number of benzene rings is 1. The highest BCUT2D eigenvalue weighted by Gasteiger charge is 2.34. The molecule has 2 nitrogen and oxygen atoms in total. The van der Waals surface area contributed by atoms with Crippen molar-refractivity contribution in [2.45, 2.75) is 26.3 Å². The van der Waals surface area contributed by atoms with Crippen LogP contribution in [0.5, 0.6) is 0 Å². The summed E-state index contributed by atoms with van der Waals surface area (Å²) in [5.41, 5.74) is 1.83. The van der Waals surface area contributed by atoms with Crippen LogP contribution in [0.25, 0.3) is 0 Å². The summed E-state index contributed by atoms with van der Waals surface area (Å²) in [6.45, 7) is 5.06. The number of hydrogen-bond acceptors (Lipinski definition) is 1. The minimum absolute atomic E-state index is 0.155. The van der Waals surface area contributed by atoms with Crippen LogP contribution < -0.4 is 0 Å². The smallest absolute Gasteiger partial charge is 0.254 e. The number of halogens is 2. The molecule has 0 spiro atoms. The lowest BCUT2D eigenvalue weighted by Gasteiger charge is -2.26. The molecule has 1 saturated heterocycles. The average molecular weight is 375 g/mol. The highest BCUT2D eigenvalue weighted by atomic mass is 79.9. The van der Waals surface area contributed by atoms with E-state index in [2.05, 4.69) is 38.8 Å². The van der Waals surface area contributed by atoms with Gasteiger partial charge in [-0.15, -0.1) is 0 Å². The molecule has 1 aliphatic rings. The van der Waals surface area contributed by atoms with Gasteiger partial charge in [-0.3, -0.25) is 4.79 Å². The lowest BCUT2D eigenvalue weighted by Crippen LogP contribution is -2.38. The molecule has 2 atom stereocenters. The van der Waals surface area contributed by atoms with Gasteiger partial charge in [-0.2, -0.15) is 0 Å². The lowest BCUT2D eigenvalue weighted by molar-refractivity contribution is 0.0738. The van der Waals surface area contributed by atoms with Gasteiger partial charge in [-0.25, -0.2) is 0 Å². The van der Waals surface area contributed by atoms with Crippen LogP contribution in [0.2, 0.25) is 0 Å². The molecule has 0 bridgehead atoms. The summed E-state index contributed by atoms with van der Waals surface area (Å²) in [6.07, 6.45) is 1.09. The van der Waals surface area contributed by atoms with Crippen molar-refractivity contribution in [2.24, 2.45) is 5.92 Å². The fourth-order valence-electron chi connectivity index (χ4n) is 2.49. The number of amides is 1. The molecule has 0 saturated carbocycles. The Morgan fingerprint density at radius 2 is 2.22 bits per heavy atom. The summed E-state index contributed by atoms with van der Waals surface area (Å²) in [4.78, 5) is 14.6. The minimum atomic E-state index is 0.155. The molecule has 0 radical (unpaired) electrons. The molecule has 1 heterocycles. The van der Waals surface area contributed by atoms with E-state index in [0.29, 0.717) is 12.0 Å². The zero-order valence-electron chi connectivity index (χ0n) is 10.6. The van der Waals surface area contributed by atoms with Crippen molar-refractivity contribution in [3.8, 4) is 0 Å². The van der Waals surface area contributed by atoms with E-state index < -0.39 is 0 Å². The first kappa shape index (κ1) is 14.1. The Hall–Kier alpha value is -0.350. The topological polar surface area (TPSA) is 20.3 Å². The summed E-state index contributed by atoms with van der Waals surface area (Å²) in [6, 6.07) is 6.13. The van der Waals surface area contributed by atoms with Gasteiger partial charge in [0, 0.05) is 28.0 Å². The second-order valence-electron chi connectivity index (χ2n) is 4.90. The zero-order valence-corrected chi connectivity index (χ0v) is 13.8. The maximum Gasteiger partial charge on any atom is 0.254 e. The fraction of sp³-hybridized carbons (Fsp3) is 0.500. The SMILES string of the molecule is Cc1c(Br)cccc1C(=O)N1CCC(C)C1CBr. The number of carbonyl (C=O) groups is 1. The van der Waals surface area contributed by atoms with Crippen LogP contribution in [0.1, 0.15) is 29.3 Å². The first-order chi connectivity index (χ1) is 8.56. The largest absolute Gasteiger partial charge is 0.335 e. The van der Waals surface area contributed by atoms with Gasteiger partial charge in [0.05, 0.1) is 0 Å². The Morgan fingerprint density at radius 3 is 2.89 bits per heavy atom. The van der Waals surface area contributed by atoms with Crippen molar-refractivity contribution in [1.29, 1.82) is 0 Å². The predicted molar refractivity (Wildman–Crippen MR) is 81.3 cm³/mol. The first-order valence-corrected chi connectivity index (χ1v) is 8.09. The van der Waals surface area contributed by atoms with Gasteiger partial charge in [-0.1, -0.05) is 44.8 Å². The van der Waals surface area contributed by atoms with E-state index in [9.17, 15) is 4.79 Å². The van der Waals surface area contributed by atoms with Gasteiger partial charge in [0.15, 0.2) is 0 Å². The van der Waals surface area contributed by atoms with Gasteiger partial charge in [0.25, 0.3) is 5.91 Å². The quantitative estimate of drug-likeness (QED) is 0.716. The van der Waals surface area contributed by atoms with Crippen LogP contribution in [0.3, 0.4) is 0 Å². The molecule has 1 aromatic carbocycles. The van der Waals surface area contributed by atoms with E-state index in [4.69, 9.17) is 0 Å². The monoisotopic (exact) mass is 373 g/mol. The third-order valence-corrected chi connectivity index (χ3v) is 5.32. The molecule has 1 aliphatic heterocycles. The Kier molecular flexibility index (Phi) is 4.49. The van der Waals surface area contributed by atoms with Crippen molar-refractivity contribution in [2.75, 3.05) is 11.9 Å². The molecule has 1 fully saturated rings. The Balaban J connectivity index is 2.29. The van der Waals surface area contributed by atoms with Crippen LogP contribution in [0, 0.1) is 12.8 Å². The lowest BCUT2D eigenvalue weighted by atomic mass is 10.0. The van der Waals surface area contributed by atoms with Crippen LogP contribution in [0.4, 0.5) is 0 Å². The molecule has 0 aromatic heterocycles. The van der Waals surface area contributed by atoms with Crippen LogP contribution in [0.15, 0.2) is 22.7 Å². The van der Waals surface area contributed by atoms with Crippen molar-refractivity contribution < 1.29 is 4.79 Å². The molecular formula is C14H17Br2NO. The van der Waals surface area contributed by atoms with Gasteiger partial charge in [0.2, 0.25) is 0 Å². The second kappa shape index (κ2) is 5.74. The van der Waals surface area contributed by atoms with E-state index >= 15 is 0 Å². The van der Waals surface area contributed by atoms with Crippen LogP contribution in [-0.2, 0) is 0 Å². The number of likely N-dealkylation sites (tertiary alicyclic amines) is 1. The summed E-state index contributed by atoms with van der Waals surface area (Å²) >= 11 is 7.01. The number of hydrogen-bond donors (Lipinski definition) is 0. The summed E-state index contributed by atoms with van der Waals surface area (Å²) in [5.74, 6) is 0.725. The zero-order chi connectivity index (χ0) is 13.3. The van der Waals surface area contributed by atoms with Crippen molar-refractivity contribution in [3.05, 3.63) is 33.8 Å². The van der Waals surface area contributed by atoms with Gasteiger partial charge in [-0.05, 0) is 37.0 Å². The van der Waals surface area contributed by atoms with Crippen LogP contribution in [-0.4, -0.2) is 28.7 Å². The van der Waals surface area contributed by atoms with E-state index in [0.717, 1.165) is 33.9 Å². The normalized spacial score (nSPS) is 23.4. The molecule has 2 rings (SSSR count). The molecular weight excluding hydrogens is 358 g/mol. The van der Waals surface area contributed by atoms with E-state index in [1.165, 1.54) is 0 Å². The predicted octanol–water partition coefficient (Wildman–Crippen LogP) is 4.00. The standard InChI is InChI=1S/C14H17Br2NO/c1-9-6-7-17(13(9)8-15)14(18)11-4-3-5-12(16)10(11)2/h3-5,9,13H,6-8H2,1-2H3. The van der Waals surface area contributed by atoms with Crippen LogP contribution >= 0.6 is 31.9 Å². The molecule has 1 aromatic rings. The molecule has 0 aliphatic carbocycles. The van der Waals surface area contributed by atoms with Gasteiger partial charge in [0.1, 0.15) is 0 Å². The minimum Gasteiger partial charge on any atom is -0.335 e. The Morgan fingerprint density at radius 1 is 1.50 bits per heavy atom.